The molecule has 0 radical (unpaired) electrons. The van der Waals surface area contributed by atoms with Crippen LogP contribution in [0.1, 0.15) is 55.6 Å². The van der Waals surface area contributed by atoms with E-state index in [9.17, 15) is 9.59 Å². The van der Waals surface area contributed by atoms with Crippen molar-refractivity contribution < 1.29 is 4.79 Å². The normalized spacial score (nSPS) is 21.5. The number of nitrogens with zero attached hydrogens (tertiary/aromatic N) is 2. The van der Waals surface area contributed by atoms with Crippen molar-refractivity contribution in [3.05, 3.63) is 62.0 Å². The fourth-order valence-corrected chi connectivity index (χ4v) is 4.97. The second-order valence-electron chi connectivity index (χ2n) is 7.95. The number of piperidine rings is 1. The van der Waals surface area contributed by atoms with Gasteiger partial charge in [-0.15, -0.1) is 0 Å². The number of Topliss-reactive ketones (excluding diaryl/α,β-unsaturated/α-hetero) is 1. The Morgan fingerprint density at radius 2 is 1.83 bits per heavy atom. The molecule has 1 fully saturated rings. The molecule has 2 aliphatic heterocycles. The number of fused-ring (bicyclic) bond motifs is 1. The molecule has 29 heavy (non-hydrogen) atoms. The van der Waals surface area contributed by atoms with Gasteiger partial charge in [0.05, 0.1) is 5.56 Å². The lowest BCUT2D eigenvalue weighted by molar-refractivity contribution is -0.116. The van der Waals surface area contributed by atoms with Crippen molar-refractivity contribution in [1.29, 1.82) is 0 Å². The molecule has 0 unspecified atom stereocenters. The highest BCUT2D eigenvalue weighted by atomic mass is 35.5. The molecule has 1 aromatic heterocycles. The Balaban J connectivity index is 1.69. The van der Waals surface area contributed by atoms with Crippen LogP contribution in [0.5, 0.6) is 0 Å². The third-order valence-corrected chi connectivity index (χ3v) is 6.46. The summed E-state index contributed by atoms with van der Waals surface area (Å²) in [5.41, 5.74) is 2.58. The average Bonchev–Trinajstić information content (AvgIpc) is 2.73. The summed E-state index contributed by atoms with van der Waals surface area (Å²) in [5.74, 6) is 0.737. The predicted octanol–water partition coefficient (Wildman–Crippen LogP) is 3.98. The number of carbonyl (C=O) groups is 1. The van der Waals surface area contributed by atoms with Crippen LogP contribution in [-0.2, 0) is 4.79 Å². The van der Waals surface area contributed by atoms with Crippen LogP contribution >= 0.6 is 11.6 Å². The summed E-state index contributed by atoms with van der Waals surface area (Å²) in [7, 11) is 0. The molecular formula is C22H23ClN4O2. The fourth-order valence-electron chi connectivity index (χ4n) is 4.72. The Bertz CT molecular complexity index is 1070. The number of allylic oxidation sites excluding steroid dienone is 2. The molecule has 2 N–H and O–H groups in total. The van der Waals surface area contributed by atoms with E-state index < -0.39 is 5.92 Å². The quantitative estimate of drug-likeness (QED) is 0.783. The number of nitrogens with one attached hydrogen (secondary N) is 2. The third kappa shape index (κ3) is 3.15. The fraction of sp³-hybridized carbons (Fsp3) is 0.409. The maximum Gasteiger partial charge on any atom is 0.258 e. The van der Waals surface area contributed by atoms with Crippen LogP contribution in [0.15, 0.2) is 40.3 Å². The van der Waals surface area contributed by atoms with Crippen molar-refractivity contribution in [3.8, 4) is 0 Å². The maximum atomic E-state index is 13.3. The highest BCUT2D eigenvalue weighted by molar-refractivity contribution is 6.31. The summed E-state index contributed by atoms with van der Waals surface area (Å²) in [4.78, 5) is 36.0. The Morgan fingerprint density at radius 1 is 1.03 bits per heavy atom. The number of halogens is 1. The van der Waals surface area contributed by atoms with Crippen LogP contribution in [0.25, 0.3) is 0 Å². The molecule has 6 nitrogen and oxygen atoms in total. The molecule has 7 heteroatoms. The summed E-state index contributed by atoms with van der Waals surface area (Å²) in [6.07, 6.45) is 5.47. The van der Waals surface area contributed by atoms with Gasteiger partial charge >= 0.3 is 0 Å². The number of benzene rings is 1. The zero-order valence-corrected chi connectivity index (χ0v) is 16.9. The van der Waals surface area contributed by atoms with Gasteiger partial charge in [0.1, 0.15) is 5.82 Å². The van der Waals surface area contributed by atoms with Crippen LogP contribution < -0.4 is 15.8 Å². The molecule has 3 heterocycles. The summed E-state index contributed by atoms with van der Waals surface area (Å²) in [6.45, 7) is 1.78. The zero-order valence-electron chi connectivity index (χ0n) is 16.1. The van der Waals surface area contributed by atoms with E-state index in [1.54, 1.807) is 6.07 Å². The van der Waals surface area contributed by atoms with Crippen molar-refractivity contribution in [2.24, 2.45) is 0 Å². The number of anilines is 2. The molecular weight excluding hydrogens is 388 g/mol. The van der Waals surface area contributed by atoms with Gasteiger partial charge in [-0.2, -0.15) is 4.98 Å². The first-order valence-corrected chi connectivity index (χ1v) is 10.7. The van der Waals surface area contributed by atoms with Gasteiger partial charge in [-0.25, -0.2) is 0 Å². The molecule has 0 bridgehead atoms. The summed E-state index contributed by atoms with van der Waals surface area (Å²) < 4.78 is 0. The highest BCUT2D eigenvalue weighted by Crippen LogP contribution is 2.45. The first kappa shape index (κ1) is 18.4. The van der Waals surface area contributed by atoms with E-state index in [1.807, 2.05) is 18.2 Å². The lowest BCUT2D eigenvalue weighted by Gasteiger charge is -2.34. The Kier molecular flexibility index (Phi) is 4.66. The highest BCUT2D eigenvalue weighted by Gasteiger charge is 2.38. The molecule has 0 amide bonds. The van der Waals surface area contributed by atoms with Gasteiger partial charge in [-0.05, 0) is 43.7 Å². The maximum absolute atomic E-state index is 13.3. The first-order valence-electron chi connectivity index (χ1n) is 10.3. The van der Waals surface area contributed by atoms with Gasteiger partial charge in [0, 0.05) is 41.7 Å². The molecule has 1 saturated heterocycles. The predicted molar refractivity (Wildman–Crippen MR) is 114 cm³/mol. The van der Waals surface area contributed by atoms with Crippen LogP contribution in [-0.4, -0.2) is 28.8 Å². The number of H-pyrrole nitrogens is 1. The minimum absolute atomic E-state index is 0.0776. The molecule has 2 aromatic rings. The zero-order chi connectivity index (χ0) is 20.0. The van der Waals surface area contributed by atoms with Gasteiger partial charge < -0.3 is 10.2 Å². The minimum atomic E-state index is -0.491. The number of hydrogen-bond donors (Lipinski definition) is 2. The molecule has 0 spiro atoms. The summed E-state index contributed by atoms with van der Waals surface area (Å²) >= 11 is 6.51. The van der Waals surface area contributed by atoms with E-state index in [4.69, 9.17) is 16.6 Å². The van der Waals surface area contributed by atoms with Crippen LogP contribution in [0, 0.1) is 0 Å². The second-order valence-corrected chi connectivity index (χ2v) is 8.36. The average molecular weight is 411 g/mol. The Labute approximate surface area is 174 Å². The minimum Gasteiger partial charge on any atom is -0.343 e. The van der Waals surface area contributed by atoms with Crippen molar-refractivity contribution in [2.45, 2.75) is 44.4 Å². The third-order valence-electron chi connectivity index (χ3n) is 6.12. The largest absolute Gasteiger partial charge is 0.343 e. The monoisotopic (exact) mass is 410 g/mol. The number of aromatic amines is 1. The van der Waals surface area contributed by atoms with Gasteiger partial charge in [0.15, 0.2) is 5.78 Å². The van der Waals surface area contributed by atoms with E-state index in [0.717, 1.165) is 50.0 Å². The van der Waals surface area contributed by atoms with E-state index in [2.05, 4.69) is 15.2 Å². The van der Waals surface area contributed by atoms with Crippen molar-refractivity contribution >= 4 is 29.2 Å². The van der Waals surface area contributed by atoms with Gasteiger partial charge in [-0.1, -0.05) is 29.8 Å². The van der Waals surface area contributed by atoms with Gasteiger partial charge in [0.25, 0.3) is 5.56 Å². The molecule has 5 rings (SSSR count). The Morgan fingerprint density at radius 3 is 2.62 bits per heavy atom. The summed E-state index contributed by atoms with van der Waals surface area (Å²) in [5, 5.41) is 3.88. The van der Waals surface area contributed by atoms with Crippen molar-refractivity contribution in [2.75, 3.05) is 23.3 Å². The van der Waals surface area contributed by atoms with Crippen LogP contribution in [0.3, 0.4) is 0 Å². The van der Waals surface area contributed by atoms with Gasteiger partial charge in [-0.3, -0.25) is 14.6 Å². The number of carbonyl (C=O) groups excluding carboxylic acids is 1. The second kappa shape index (κ2) is 7.34. The van der Waals surface area contributed by atoms with Gasteiger partial charge in [0.2, 0.25) is 5.95 Å². The van der Waals surface area contributed by atoms with E-state index >= 15 is 0 Å². The standard InChI is InChI=1S/C22H23ClN4O2/c23-14-8-3-2-7-13(14)17-18-15(9-6-10-16(18)28)24-20-19(17)21(29)26-22(25-20)27-11-4-1-5-12-27/h2-3,7-8,17H,1,4-6,9-12H2,(H2,24,25,26,29)/t17-/m0/s1. The lowest BCUT2D eigenvalue weighted by atomic mass is 9.76. The number of hydrogen-bond acceptors (Lipinski definition) is 5. The molecule has 1 aliphatic carbocycles. The molecule has 1 aromatic carbocycles. The topological polar surface area (TPSA) is 78.1 Å². The molecule has 1 atom stereocenters. The van der Waals surface area contributed by atoms with Crippen molar-refractivity contribution in [1.82, 2.24) is 9.97 Å². The lowest BCUT2D eigenvalue weighted by Crippen LogP contribution is -2.36. The first-order chi connectivity index (χ1) is 14.1. The Hall–Kier alpha value is -2.60. The molecule has 3 aliphatic rings. The van der Waals surface area contributed by atoms with Crippen molar-refractivity contribution in [3.63, 3.8) is 0 Å². The smallest absolute Gasteiger partial charge is 0.258 e. The van der Waals surface area contributed by atoms with E-state index in [1.165, 1.54) is 6.42 Å². The number of rotatable bonds is 2. The molecule has 150 valence electrons. The van der Waals surface area contributed by atoms with Crippen LogP contribution in [0.2, 0.25) is 5.02 Å². The summed E-state index contributed by atoms with van der Waals surface area (Å²) in [6, 6.07) is 7.44. The number of ketones is 1. The number of aromatic nitrogens is 2. The van der Waals surface area contributed by atoms with E-state index in [-0.39, 0.29) is 11.3 Å². The molecule has 0 saturated carbocycles. The van der Waals surface area contributed by atoms with E-state index in [0.29, 0.717) is 34.3 Å². The van der Waals surface area contributed by atoms with Crippen LogP contribution in [0.4, 0.5) is 11.8 Å². The SMILES string of the molecule is O=C1CCCC2=C1[C@H](c1ccccc1Cl)c1c(nc(N3CCCCC3)[nH]c1=O)N2.